The minimum absolute atomic E-state index is 0.440. The molecule has 0 bridgehead atoms. The van der Waals surface area contributed by atoms with Crippen molar-refractivity contribution < 1.29 is 4.74 Å². The van der Waals surface area contributed by atoms with E-state index in [-0.39, 0.29) is 0 Å². The summed E-state index contributed by atoms with van der Waals surface area (Å²) in [6.45, 7) is 0.440. The zero-order chi connectivity index (χ0) is 13.1. The number of para-hydroxylation sites is 1. The molecule has 0 saturated carbocycles. The van der Waals surface area contributed by atoms with Gasteiger partial charge in [0, 0.05) is 22.2 Å². The van der Waals surface area contributed by atoms with Crippen LogP contribution in [0.3, 0.4) is 0 Å². The van der Waals surface area contributed by atoms with Crippen molar-refractivity contribution in [2.45, 2.75) is 6.61 Å². The Morgan fingerprint density at radius 3 is 2.68 bits per heavy atom. The molecule has 0 aliphatic heterocycles. The van der Waals surface area contributed by atoms with Gasteiger partial charge >= 0.3 is 0 Å². The molecule has 0 aliphatic carbocycles. The van der Waals surface area contributed by atoms with Gasteiger partial charge in [-0.15, -0.1) is 0 Å². The first kappa shape index (κ1) is 12.0. The van der Waals surface area contributed by atoms with E-state index in [1.54, 1.807) is 6.20 Å². The van der Waals surface area contributed by atoms with Crippen molar-refractivity contribution in [1.29, 1.82) is 0 Å². The van der Waals surface area contributed by atoms with Crippen LogP contribution in [0.5, 0.6) is 5.75 Å². The van der Waals surface area contributed by atoms with E-state index in [0.29, 0.717) is 6.61 Å². The second-order valence-corrected chi connectivity index (χ2v) is 4.62. The average Bonchev–Trinajstić information content (AvgIpc) is 2.46. The van der Waals surface area contributed by atoms with Gasteiger partial charge in [-0.1, -0.05) is 48.0 Å². The van der Waals surface area contributed by atoms with Crippen LogP contribution in [0, 0.1) is 0 Å². The van der Waals surface area contributed by atoms with Crippen molar-refractivity contribution in [3.8, 4) is 5.75 Å². The van der Waals surface area contributed by atoms with Gasteiger partial charge in [0.25, 0.3) is 0 Å². The number of pyridine rings is 1. The third-order valence-electron chi connectivity index (χ3n) is 2.94. The second kappa shape index (κ2) is 5.29. The molecule has 0 N–H and O–H groups in total. The van der Waals surface area contributed by atoms with Crippen LogP contribution in [-0.4, -0.2) is 4.98 Å². The van der Waals surface area contributed by atoms with Gasteiger partial charge in [0.15, 0.2) is 0 Å². The molecule has 0 saturated heterocycles. The predicted molar refractivity (Wildman–Crippen MR) is 77.5 cm³/mol. The lowest BCUT2D eigenvalue weighted by atomic mass is 10.2. The number of halogens is 1. The van der Waals surface area contributed by atoms with E-state index in [0.717, 1.165) is 27.2 Å². The van der Waals surface area contributed by atoms with E-state index < -0.39 is 0 Å². The summed E-state index contributed by atoms with van der Waals surface area (Å²) in [5.74, 6) is 0.776. The normalized spacial score (nSPS) is 10.6. The molecule has 1 heterocycles. The molecule has 3 aromatic rings. The summed E-state index contributed by atoms with van der Waals surface area (Å²) in [5.41, 5.74) is 1.84. The average molecular weight is 270 g/mol. The Kier molecular flexibility index (Phi) is 3.34. The van der Waals surface area contributed by atoms with Crippen molar-refractivity contribution in [1.82, 2.24) is 4.98 Å². The van der Waals surface area contributed by atoms with E-state index in [4.69, 9.17) is 16.3 Å². The van der Waals surface area contributed by atoms with Crippen LogP contribution in [0.2, 0.25) is 5.02 Å². The third kappa shape index (κ3) is 2.54. The van der Waals surface area contributed by atoms with Crippen molar-refractivity contribution in [2.24, 2.45) is 0 Å². The fourth-order valence-corrected chi connectivity index (χ4v) is 2.15. The first-order chi connectivity index (χ1) is 9.34. The van der Waals surface area contributed by atoms with Crippen LogP contribution >= 0.6 is 11.6 Å². The topological polar surface area (TPSA) is 22.1 Å². The summed E-state index contributed by atoms with van der Waals surface area (Å²) in [5, 5.41) is 1.79. The van der Waals surface area contributed by atoms with E-state index >= 15 is 0 Å². The highest BCUT2D eigenvalue weighted by Gasteiger charge is 2.04. The molecule has 2 nitrogen and oxygen atoms in total. The van der Waals surface area contributed by atoms with Gasteiger partial charge in [-0.25, -0.2) is 0 Å². The van der Waals surface area contributed by atoms with Gasteiger partial charge in [-0.3, -0.25) is 4.98 Å². The number of nitrogens with zero attached hydrogens (tertiary/aromatic N) is 1. The highest BCUT2D eigenvalue weighted by atomic mass is 35.5. The van der Waals surface area contributed by atoms with Crippen LogP contribution in [0.4, 0.5) is 0 Å². The van der Waals surface area contributed by atoms with Crippen molar-refractivity contribution >= 4 is 22.5 Å². The van der Waals surface area contributed by atoms with Gasteiger partial charge in [-0.05, 0) is 18.2 Å². The molecule has 0 fully saturated rings. The highest BCUT2D eigenvalue weighted by Crippen LogP contribution is 2.25. The first-order valence-electron chi connectivity index (χ1n) is 6.04. The summed E-state index contributed by atoms with van der Waals surface area (Å²) < 4.78 is 5.84. The Bertz CT molecular complexity index is 706. The molecule has 19 heavy (non-hydrogen) atoms. The number of rotatable bonds is 3. The fourth-order valence-electron chi connectivity index (χ4n) is 1.96. The SMILES string of the molecule is Clc1ccccc1COc1cccc2cccnc12. The van der Waals surface area contributed by atoms with E-state index in [9.17, 15) is 0 Å². The highest BCUT2D eigenvalue weighted by molar-refractivity contribution is 6.31. The van der Waals surface area contributed by atoms with Crippen molar-refractivity contribution in [2.75, 3.05) is 0 Å². The molecule has 0 radical (unpaired) electrons. The number of fused-ring (bicyclic) bond motifs is 1. The first-order valence-corrected chi connectivity index (χ1v) is 6.42. The maximum absolute atomic E-state index is 6.11. The summed E-state index contributed by atoms with van der Waals surface area (Å²) in [6.07, 6.45) is 1.77. The van der Waals surface area contributed by atoms with Gasteiger partial charge in [0.1, 0.15) is 17.9 Å². The molecule has 3 heteroatoms. The number of hydrogen-bond acceptors (Lipinski definition) is 2. The quantitative estimate of drug-likeness (QED) is 0.700. The van der Waals surface area contributed by atoms with Gasteiger partial charge in [0.2, 0.25) is 0 Å². The van der Waals surface area contributed by atoms with Crippen LogP contribution in [0.15, 0.2) is 60.8 Å². The summed E-state index contributed by atoms with van der Waals surface area (Å²) >= 11 is 6.11. The third-order valence-corrected chi connectivity index (χ3v) is 3.31. The van der Waals surface area contributed by atoms with Crippen LogP contribution in [0.1, 0.15) is 5.56 Å². The monoisotopic (exact) mass is 269 g/mol. The maximum atomic E-state index is 6.11. The number of ether oxygens (including phenoxy) is 1. The number of aromatic nitrogens is 1. The number of hydrogen-bond donors (Lipinski definition) is 0. The maximum Gasteiger partial charge on any atom is 0.146 e. The van der Waals surface area contributed by atoms with Gasteiger partial charge < -0.3 is 4.74 Å². The summed E-state index contributed by atoms with van der Waals surface area (Å²) in [4.78, 5) is 4.36. The van der Waals surface area contributed by atoms with Gasteiger partial charge in [0.05, 0.1) is 0 Å². The molecule has 0 aliphatic rings. The Labute approximate surface area is 116 Å². The van der Waals surface area contributed by atoms with E-state index in [1.165, 1.54) is 0 Å². The van der Waals surface area contributed by atoms with Crippen LogP contribution in [-0.2, 0) is 6.61 Å². The molecule has 2 aromatic carbocycles. The lowest BCUT2D eigenvalue weighted by Gasteiger charge is -2.09. The van der Waals surface area contributed by atoms with Crippen molar-refractivity contribution in [3.05, 3.63) is 71.4 Å². The largest absolute Gasteiger partial charge is 0.487 e. The molecular formula is C16H12ClNO. The van der Waals surface area contributed by atoms with E-state index in [1.807, 2.05) is 54.6 Å². The molecule has 0 spiro atoms. The lowest BCUT2D eigenvalue weighted by Crippen LogP contribution is -1.97. The summed E-state index contributed by atoms with van der Waals surface area (Å²) in [7, 11) is 0. The Morgan fingerprint density at radius 1 is 0.947 bits per heavy atom. The predicted octanol–water partition coefficient (Wildman–Crippen LogP) is 4.47. The minimum Gasteiger partial charge on any atom is -0.487 e. The smallest absolute Gasteiger partial charge is 0.146 e. The Balaban J connectivity index is 1.88. The van der Waals surface area contributed by atoms with Gasteiger partial charge in [-0.2, -0.15) is 0 Å². The molecule has 1 aromatic heterocycles. The van der Waals surface area contributed by atoms with Crippen LogP contribution in [0.25, 0.3) is 10.9 Å². The minimum atomic E-state index is 0.440. The fraction of sp³-hybridized carbons (Fsp3) is 0.0625. The second-order valence-electron chi connectivity index (χ2n) is 4.21. The summed E-state index contributed by atoms with van der Waals surface area (Å²) in [6, 6.07) is 17.5. The van der Waals surface area contributed by atoms with Crippen LogP contribution < -0.4 is 4.74 Å². The zero-order valence-corrected chi connectivity index (χ0v) is 11.0. The molecule has 0 atom stereocenters. The van der Waals surface area contributed by atoms with Crippen molar-refractivity contribution in [3.63, 3.8) is 0 Å². The Morgan fingerprint density at radius 2 is 1.79 bits per heavy atom. The molecule has 94 valence electrons. The molecule has 3 rings (SSSR count). The molecule has 0 unspecified atom stereocenters. The molecular weight excluding hydrogens is 258 g/mol. The standard InChI is InChI=1S/C16H12ClNO/c17-14-8-2-1-5-13(14)11-19-15-9-3-6-12-7-4-10-18-16(12)15/h1-10H,11H2. The Hall–Kier alpha value is -2.06. The lowest BCUT2D eigenvalue weighted by molar-refractivity contribution is 0.309. The zero-order valence-electron chi connectivity index (χ0n) is 10.2. The number of benzene rings is 2. The van der Waals surface area contributed by atoms with E-state index in [2.05, 4.69) is 4.98 Å². The molecule has 0 amide bonds.